The van der Waals surface area contributed by atoms with Gasteiger partial charge in [-0.15, -0.1) is 0 Å². The van der Waals surface area contributed by atoms with Gasteiger partial charge in [0.15, 0.2) is 0 Å². The van der Waals surface area contributed by atoms with Gasteiger partial charge in [0.2, 0.25) is 0 Å². The number of hydrogen-bond acceptors (Lipinski definition) is 1. The minimum absolute atomic E-state index is 0.631. The van der Waals surface area contributed by atoms with E-state index < -0.39 is 0 Å². The Morgan fingerprint density at radius 2 is 2.17 bits per heavy atom. The Labute approximate surface area is 124 Å². The molecular formula is C15H21BrClN. The molecule has 1 nitrogen and oxygen atoms in total. The van der Waals surface area contributed by atoms with Crippen molar-refractivity contribution in [2.45, 2.75) is 44.0 Å². The van der Waals surface area contributed by atoms with Gasteiger partial charge in [0.1, 0.15) is 0 Å². The molecule has 0 aliphatic heterocycles. The van der Waals surface area contributed by atoms with E-state index in [1.54, 1.807) is 0 Å². The number of hydrogen-bond donors (Lipinski definition) is 0. The lowest BCUT2D eigenvalue weighted by molar-refractivity contribution is 0.336. The summed E-state index contributed by atoms with van der Waals surface area (Å²) >= 11 is 9.96. The van der Waals surface area contributed by atoms with Crippen LogP contribution in [0, 0.1) is 5.92 Å². The monoisotopic (exact) mass is 329 g/mol. The van der Waals surface area contributed by atoms with Crippen LogP contribution in [0.1, 0.15) is 38.2 Å². The van der Waals surface area contributed by atoms with Crippen LogP contribution in [0.15, 0.2) is 18.2 Å². The molecule has 0 saturated heterocycles. The van der Waals surface area contributed by atoms with E-state index >= 15 is 0 Å². The van der Waals surface area contributed by atoms with E-state index in [9.17, 15) is 0 Å². The summed E-state index contributed by atoms with van der Waals surface area (Å²) in [5.74, 6) is 0.834. The quantitative estimate of drug-likeness (QED) is 0.684. The van der Waals surface area contributed by atoms with Gasteiger partial charge in [0.05, 0.1) is 10.7 Å². The zero-order chi connectivity index (χ0) is 13.1. The fourth-order valence-corrected chi connectivity index (χ4v) is 3.78. The van der Waals surface area contributed by atoms with E-state index in [0.717, 1.165) is 16.3 Å². The molecule has 0 radical (unpaired) electrons. The first-order valence-corrected chi connectivity index (χ1v) is 8.19. The normalized spacial score (nSPS) is 24.0. The minimum Gasteiger partial charge on any atom is -0.370 e. The van der Waals surface area contributed by atoms with Crippen LogP contribution in [-0.4, -0.2) is 13.1 Å². The Morgan fingerprint density at radius 3 is 2.83 bits per heavy atom. The van der Waals surface area contributed by atoms with Gasteiger partial charge >= 0.3 is 0 Å². The van der Waals surface area contributed by atoms with Crippen LogP contribution in [0.3, 0.4) is 0 Å². The third-order valence-electron chi connectivity index (χ3n) is 4.02. The number of rotatable bonds is 3. The number of benzene rings is 1. The van der Waals surface area contributed by atoms with Crippen LogP contribution in [-0.2, 0) is 5.33 Å². The molecule has 0 aromatic heterocycles. The Bertz CT molecular complexity index is 407. The summed E-state index contributed by atoms with van der Waals surface area (Å²) in [6.07, 6.45) is 5.28. The molecule has 1 aromatic carbocycles. The third-order valence-corrected chi connectivity index (χ3v) is 4.93. The van der Waals surface area contributed by atoms with Crippen LogP contribution < -0.4 is 4.90 Å². The fourth-order valence-electron chi connectivity index (χ4n) is 3.00. The summed E-state index contributed by atoms with van der Waals surface area (Å²) < 4.78 is 0. The van der Waals surface area contributed by atoms with Crippen molar-refractivity contribution in [3.63, 3.8) is 0 Å². The molecule has 100 valence electrons. The van der Waals surface area contributed by atoms with Gasteiger partial charge in [0, 0.05) is 18.4 Å². The molecule has 1 aliphatic carbocycles. The molecular weight excluding hydrogens is 310 g/mol. The van der Waals surface area contributed by atoms with Gasteiger partial charge < -0.3 is 4.90 Å². The molecule has 2 atom stereocenters. The molecule has 2 unspecified atom stereocenters. The molecule has 0 heterocycles. The average Bonchev–Trinajstić information content (AvgIpc) is 2.37. The van der Waals surface area contributed by atoms with E-state index in [1.165, 1.54) is 36.9 Å². The molecule has 1 aliphatic rings. The van der Waals surface area contributed by atoms with Crippen molar-refractivity contribution in [3.05, 3.63) is 28.8 Å². The first kappa shape index (κ1) is 14.2. The maximum Gasteiger partial charge on any atom is 0.0642 e. The largest absolute Gasteiger partial charge is 0.370 e. The fraction of sp³-hybridized carbons (Fsp3) is 0.600. The van der Waals surface area contributed by atoms with Gasteiger partial charge in [-0.3, -0.25) is 0 Å². The van der Waals surface area contributed by atoms with Crippen molar-refractivity contribution in [2.24, 2.45) is 5.92 Å². The Kier molecular flexibility index (Phi) is 4.97. The molecule has 1 aromatic rings. The highest BCUT2D eigenvalue weighted by molar-refractivity contribution is 9.08. The summed E-state index contributed by atoms with van der Waals surface area (Å²) in [7, 11) is 2.19. The van der Waals surface area contributed by atoms with Gasteiger partial charge in [-0.25, -0.2) is 0 Å². The molecule has 1 saturated carbocycles. The maximum absolute atomic E-state index is 6.40. The van der Waals surface area contributed by atoms with Crippen molar-refractivity contribution >= 4 is 33.2 Å². The Morgan fingerprint density at radius 1 is 1.39 bits per heavy atom. The molecule has 0 N–H and O–H groups in total. The lowest BCUT2D eigenvalue weighted by Gasteiger charge is -2.37. The number of halogens is 2. The highest BCUT2D eigenvalue weighted by atomic mass is 79.9. The molecule has 18 heavy (non-hydrogen) atoms. The zero-order valence-electron chi connectivity index (χ0n) is 11.1. The van der Waals surface area contributed by atoms with Crippen molar-refractivity contribution in [2.75, 3.05) is 11.9 Å². The van der Waals surface area contributed by atoms with Gasteiger partial charge in [0.25, 0.3) is 0 Å². The lowest BCUT2D eigenvalue weighted by Crippen LogP contribution is -2.36. The van der Waals surface area contributed by atoms with E-state index in [0.29, 0.717) is 6.04 Å². The van der Waals surface area contributed by atoms with Crippen molar-refractivity contribution in [1.29, 1.82) is 0 Å². The predicted molar refractivity (Wildman–Crippen MR) is 83.9 cm³/mol. The highest BCUT2D eigenvalue weighted by Crippen LogP contribution is 2.36. The topological polar surface area (TPSA) is 3.24 Å². The first-order valence-electron chi connectivity index (χ1n) is 6.69. The second-order valence-electron chi connectivity index (χ2n) is 5.42. The first-order chi connectivity index (χ1) is 8.63. The van der Waals surface area contributed by atoms with Crippen LogP contribution in [0.5, 0.6) is 0 Å². The third kappa shape index (κ3) is 3.03. The van der Waals surface area contributed by atoms with Crippen molar-refractivity contribution < 1.29 is 0 Å². The van der Waals surface area contributed by atoms with Gasteiger partial charge in [-0.2, -0.15) is 0 Å². The number of para-hydroxylation sites is 1. The van der Waals surface area contributed by atoms with Gasteiger partial charge in [-0.1, -0.05) is 59.4 Å². The molecule has 0 spiro atoms. The van der Waals surface area contributed by atoms with E-state index in [1.807, 2.05) is 12.1 Å². The second kappa shape index (κ2) is 6.29. The van der Waals surface area contributed by atoms with Crippen LogP contribution in [0.4, 0.5) is 5.69 Å². The van der Waals surface area contributed by atoms with Crippen LogP contribution in [0.2, 0.25) is 5.02 Å². The number of nitrogens with zero attached hydrogens (tertiary/aromatic N) is 1. The van der Waals surface area contributed by atoms with E-state index in [-0.39, 0.29) is 0 Å². The summed E-state index contributed by atoms with van der Waals surface area (Å²) in [5.41, 5.74) is 2.48. The minimum atomic E-state index is 0.631. The van der Waals surface area contributed by atoms with E-state index in [4.69, 9.17) is 11.6 Å². The standard InChI is InChI=1S/C15H21BrClN/c1-11-5-3-7-13(9-11)18(2)15-12(10-16)6-4-8-14(15)17/h4,6,8,11,13H,3,5,7,9-10H2,1-2H3. The molecule has 0 bridgehead atoms. The van der Waals surface area contributed by atoms with Crippen LogP contribution in [0.25, 0.3) is 0 Å². The second-order valence-corrected chi connectivity index (χ2v) is 6.39. The van der Waals surface area contributed by atoms with Crippen molar-refractivity contribution in [3.8, 4) is 0 Å². The molecule has 2 rings (SSSR count). The van der Waals surface area contributed by atoms with Gasteiger partial charge in [-0.05, 0) is 30.4 Å². The Balaban J connectivity index is 2.24. The zero-order valence-corrected chi connectivity index (χ0v) is 13.5. The van der Waals surface area contributed by atoms with Crippen LogP contribution >= 0.6 is 27.5 Å². The van der Waals surface area contributed by atoms with E-state index in [2.05, 4.69) is 40.9 Å². The summed E-state index contributed by atoms with van der Waals surface area (Å²) in [6.45, 7) is 2.36. The van der Waals surface area contributed by atoms with Crippen molar-refractivity contribution in [1.82, 2.24) is 0 Å². The highest BCUT2D eigenvalue weighted by Gasteiger charge is 2.24. The summed E-state index contributed by atoms with van der Waals surface area (Å²) in [5, 5.41) is 1.72. The number of alkyl halides is 1. The number of anilines is 1. The maximum atomic E-state index is 6.40. The Hall–Kier alpha value is -0.210. The summed E-state index contributed by atoms with van der Waals surface area (Å²) in [4.78, 5) is 2.40. The predicted octanol–water partition coefficient (Wildman–Crippen LogP) is 5.25. The molecule has 0 amide bonds. The molecule has 3 heteroatoms. The lowest BCUT2D eigenvalue weighted by atomic mass is 9.86. The average molecular weight is 331 g/mol. The SMILES string of the molecule is CC1CCCC(N(C)c2c(Cl)cccc2CBr)C1. The smallest absolute Gasteiger partial charge is 0.0642 e. The molecule has 1 fully saturated rings. The summed E-state index contributed by atoms with van der Waals surface area (Å²) in [6, 6.07) is 6.80.